The summed E-state index contributed by atoms with van der Waals surface area (Å²) in [7, 11) is 0. The molecule has 0 radical (unpaired) electrons. The molecular weight excluding hydrogens is 443 g/mol. The number of hydrogen-bond acceptors (Lipinski definition) is 6. The van der Waals surface area contributed by atoms with Gasteiger partial charge in [0.05, 0.1) is 0 Å². The Morgan fingerprint density at radius 2 is 1.91 bits per heavy atom. The average Bonchev–Trinajstić information content (AvgIpc) is 3.31. The number of anilines is 1. The zero-order valence-corrected chi connectivity index (χ0v) is 17.7. The van der Waals surface area contributed by atoms with Crippen LogP contribution in [-0.2, 0) is 17.5 Å². The van der Waals surface area contributed by atoms with Gasteiger partial charge in [-0.3, -0.25) is 14.2 Å². The molecule has 0 spiro atoms. The summed E-state index contributed by atoms with van der Waals surface area (Å²) in [6.07, 6.45) is -2.35. The van der Waals surface area contributed by atoms with Crippen molar-refractivity contribution in [1.29, 1.82) is 0 Å². The Labute approximate surface area is 184 Å². The van der Waals surface area contributed by atoms with E-state index in [1.54, 1.807) is 4.90 Å². The Hall–Kier alpha value is -2.95. The molecule has 5 rings (SSSR count). The molecule has 168 valence electrons. The van der Waals surface area contributed by atoms with Crippen LogP contribution in [0.4, 0.5) is 18.3 Å². The molecule has 0 bridgehead atoms. The van der Waals surface area contributed by atoms with Crippen molar-refractivity contribution in [2.45, 2.75) is 50.5 Å². The van der Waals surface area contributed by atoms with Crippen molar-refractivity contribution < 1.29 is 18.0 Å². The molecule has 2 aliphatic rings. The van der Waals surface area contributed by atoms with E-state index >= 15 is 0 Å². The van der Waals surface area contributed by atoms with Crippen molar-refractivity contribution in [3.63, 3.8) is 0 Å². The number of benzene rings is 1. The van der Waals surface area contributed by atoms with Gasteiger partial charge in [-0.05, 0) is 31.2 Å². The standard InChI is InChI=1S/C21H20F3N5O2S/c22-21(23,24)19-27-17-15(18(31)29(19)13-8-9-13)26-20(32-17)28-10-4-7-14(28)16(30)25-11-12-5-2-1-3-6-12/h1-3,5-6,13-14H,4,7-11H2,(H,25,30)/t14-/m1/s1. The van der Waals surface area contributed by atoms with Crippen LogP contribution in [-0.4, -0.2) is 33.0 Å². The van der Waals surface area contributed by atoms with Gasteiger partial charge >= 0.3 is 6.18 Å². The summed E-state index contributed by atoms with van der Waals surface area (Å²) in [5.74, 6) is -1.35. The number of rotatable bonds is 5. The maximum Gasteiger partial charge on any atom is 0.449 e. The highest BCUT2D eigenvalue weighted by molar-refractivity contribution is 7.21. The van der Waals surface area contributed by atoms with Crippen molar-refractivity contribution >= 4 is 32.7 Å². The van der Waals surface area contributed by atoms with E-state index in [0.29, 0.717) is 37.5 Å². The van der Waals surface area contributed by atoms with Crippen LogP contribution in [0.2, 0.25) is 0 Å². The summed E-state index contributed by atoms with van der Waals surface area (Å²) in [5.41, 5.74) is 0.131. The van der Waals surface area contributed by atoms with Gasteiger partial charge < -0.3 is 10.2 Å². The molecule has 1 atom stereocenters. The maximum atomic E-state index is 13.5. The number of nitrogens with one attached hydrogen (secondary N) is 1. The van der Waals surface area contributed by atoms with E-state index in [1.807, 2.05) is 30.3 Å². The third-order valence-corrected chi connectivity index (χ3v) is 6.72. The minimum absolute atomic E-state index is 0.0513. The van der Waals surface area contributed by atoms with Gasteiger partial charge in [-0.1, -0.05) is 41.7 Å². The van der Waals surface area contributed by atoms with E-state index in [2.05, 4.69) is 15.3 Å². The highest BCUT2D eigenvalue weighted by Gasteiger charge is 2.42. The topological polar surface area (TPSA) is 80.1 Å². The van der Waals surface area contributed by atoms with E-state index < -0.39 is 29.6 Å². The van der Waals surface area contributed by atoms with Crippen LogP contribution in [0, 0.1) is 0 Å². The van der Waals surface area contributed by atoms with Crippen LogP contribution in [0.3, 0.4) is 0 Å². The van der Waals surface area contributed by atoms with Gasteiger partial charge in [0.15, 0.2) is 15.5 Å². The van der Waals surface area contributed by atoms with E-state index in [4.69, 9.17) is 0 Å². The summed E-state index contributed by atoms with van der Waals surface area (Å²) in [4.78, 5) is 35.5. The average molecular weight is 463 g/mol. The molecule has 2 aromatic heterocycles. The Bertz CT molecular complexity index is 1220. The minimum atomic E-state index is -4.73. The Balaban J connectivity index is 1.44. The predicted molar refractivity (Wildman–Crippen MR) is 114 cm³/mol. The first-order valence-electron chi connectivity index (χ1n) is 10.4. The van der Waals surface area contributed by atoms with Crippen molar-refractivity contribution in [2.24, 2.45) is 0 Å². The molecule has 3 aromatic rings. The molecule has 11 heteroatoms. The normalized spacial score (nSPS) is 19.0. The number of amides is 1. The van der Waals surface area contributed by atoms with Crippen LogP contribution in [0.15, 0.2) is 35.1 Å². The van der Waals surface area contributed by atoms with Crippen molar-refractivity contribution in [1.82, 2.24) is 19.9 Å². The number of fused-ring (bicyclic) bond motifs is 1. The monoisotopic (exact) mass is 463 g/mol. The smallest absolute Gasteiger partial charge is 0.350 e. The second kappa shape index (κ2) is 7.88. The fourth-order valence-electron chi connectivity index (χ4n) is 4.04. The fourth-order valence-corrected chi connectivity index (χ4v) is 5.05. The van der Waals surface area contributed by atoms with Gasteiger partial charge in [-0.2, -0.15) is 13.2 Å². The van der Waals surface area contributed by atoms with Gasteiger partial charge in [0.25, 0.3) is 5.56 Å². The van der Waals surface area contributed by atoms with Crippen LogP contribution < -0.4 is 15.8 Å². The highest BCUT2D eigenvalue weighted by Crippen LogP contribution is 2.40. The zero-order chi connectivity index (χ0) is 22.5. The number of carbonyl (C=O) groups excluding carboxylic acids is 1. The van der Waals surface area contributed by atoms with Crippen LogP contribution in [0.25, 0.3) is 10.3 Å². The lowest BCUT2D eigenvalue weighted by Crippen LogP contribution is -2.43. The van der Waals surface area contributed by atoms with Crippen molar-refractivity contribution in [3.8, 4) is 0 Å². The molecule has 3 heterocycles. The number of carbonyl (C=O) groups is 1. The summed E-state index contributed by atoms with van der Waals surface area (Å²) in [5, 5.41) is 3.26. The largest absolute Gasteiger partial charge is 0.449 e. The summed E-state index contributed by atoms with van der Waals surface area (Å²) in [6.45, 7) is 0.915. The van der Waals surface area contributed by atoms with Gasteiger partial charge in [-0.15, -0.1) is 0 Å². The van der Waals surface area contributed by atoms with Gasteiger partial charge in [0.2, 0.25) is 11.7 Å². The maximum absolute atomic E-state index is 13.5. The molecule has 0 unspecified atom stereocenters. The molecule has 32 heavy (non-hydrogen) atoms. The first kappa shape index (κ1) is 20.9. The van der Waals surface area contributed by atoms with Crippen molar-refractivity contribution in [3.05, 3.63) is 52.1 Å². The number of aromatic nitrogens is 3. The van der Waals surface area contributed by atoms with E-state index in [-0.39, 0.29) is 16.3 Å². The molecular formula is C21H20F3N5O2S. The van der Waals surface area contributed by atoms with Gasteiger partial charge in [0.1, 0.15) is 6.04 Å². The second-order valence-corrected chi connectivity index (χ2v) is 9.00. The SMILES string of the molecule is O=C(NCc1ccccc1)[C@H]1CCCN1c1nc2c(=O)n(C3CC3)c(C(F)(F)F)nc2s1. The lowest BCUT2D eigenvalue weighted by molar-refractivity contribution is -0.148. The molecule has 1 amide bonds. The van der Waals surface area contributed by atoms with E-state index in [1.165, 1.54) is 0 Å². The minimum Gasteiger partial charge on any atom is -0.350 e. The molecule has 1 aromatic carbocycles. The Kier molecular flexibility index (Phi) is 5.15. The van der Waals surface area contributed by atoms with Crippen LogP contribution in [0.5, 0.6) is 0 Å². The zero-order valence-electron chi connectivity index (χ0n) is 16.9. The van der Waals surface area contributed by atoms with Crippen molar-refractivity contribution in [2.75, 3.05) is 11.4 Å². The number of nitrogens with zero attached hydrogens (tertiary/aromatic N) is 4. The third kappa shape index (κ3) is 3.85. The molecule has 1 saturated carbocycles. The van der Waals surface area contributed by atoms with E-state index in [0.717, 1.165) is 27.9 Å². The molecule has 7 nitrogen and oxygen atoms in total. The molecule has 1 aliphatic carbocycles. The Morgan fingerprint density at radius 3 is 2.59 bits per heavy atom. The number of halogens is 3. The summed E-state index contributed by atoms with van der Waals surface area (Å²) in [6, 6.07) is 8.52. The van der Waals surface area contributed by atoms with Crippen LogP contribution >= 0.6 is 11.3 Å². The fraction of sp³-hybridized carbons (Fsp3) is 0.429. The third-order valence-electron chi connectivity index (χ3n) is 5.73. The first-order valence-corrected chi connectivity index (χ1v) is 11.2. The molecule has 2 fully saturated rings. The lowest BCUT2D eigenvalue weighted by Gasteiger charge is -2.23. The van der Waals surface area contributed by atoms with Gasteiger partial charge in [-0.25, -0.2) is 9.97 Å². The molecule has 1 saturated heterocycles. The quantitative estimate of drug-likeness (QED) is 0.627. The molecule has 1 N–H and O–H groups in total. The number of alkyl halides is 3. The first-order chi connectivity index (χ1) is 15.3. The summed E-state index contributed by atoms with van der Waals surface area (Å²) >= 11 is 0.926. The molecule has 1 aliphatic heterocycles. The second-order valence-electron chi connectivity index (χ2n) is 8.04. The number of thiazole rings is 1. The van der Waals surface area contributed by atoms with E-state index in [9.17, 15) is 22.8 Å². The lowest BCUT2D eigenvalue weighted by atomic mass is 10.2. The summed E-state index contributed by atoms with van der Waals surface area (Å²) < 4.78 is 41.4. The number of hydrogen-bond donors (Lipinski definition) is 1. The predicted octanol–water partition coefficient (Wildman–Crippen LogP) is 3.49. The highest BCUT2D eigenvalue weighted by atomic mass is 32.1. The van der Waals surface area contributed by atoms with Crippen LogP contribution in [0.1, 0.15) is 43.1 Å². The van der Waals surface area contributed by atoms with Gasteiger partial charge in [0, 0.05) is 19.1 Å². The Morgan fingerprint density at radius 1 is 1.16 bits per heavy atom.